The zero-order chi connectivity index (χ0) is 20.3. The van der Waals surface area contributed by atoms with Gasteiger partial charge in [0.05, 0.1) is 11.1 Å². The third kappa shape index (κ3) is 4.00. The second-order valence-electron chi connectivity index (χ2n) is 8.42. The third-order valence-electron chi connectivity index (χ3n) is 6.37. The molecule has 0 bridgehead atoms. The summed E-state index contributed by atoms with van der Waals surface area (Å²) in [6.07, 6.45) is 7.46. The van der Waals surface area contributed by atoms with Crippen LogP contribution >= 0.6 is 11.6 Å². The Balaban J connectivity index is 1.81. The summed E-state index contributed by atoms with van der Waals surface area (Å²) in [7, 11) is 1.77. The lowest BCUT2D eigenvalue weighted by Crippen LogP contribution is -2.49. The Morgan fingerprint density at radius 1 is 1.25 bits per heavy atom. The van der Waals surface area contributed by atoms with Crippen molar-refractivity contribution in [3.8, 4) is 0 Å². The van der Waals surface area contributed by atoms with Gasteiger partial charge in [0.2, 0.25) is 5.91 Å². The highest BCUT2D eigenvalue weighted by Crippen LogP contribution is 2.45. The SMILES string of the molecule is CCN(C)C(=O)N1CC(C)(C(=O)NCC2CCCCCC2)c2c(Cl)cccc21. The van der Waals surface area contributed by atoms with E-state index in [4.69, 9.17) is 11.6 Å². The molecule has 3 rings (SSSR count). The molecule has 0 aromatic heterocycles. The Morgan fingerprint density at radius 2 is 1.93 bits per heavy atom. The first-order valence-corrected chi connectivity index (χ1v) is 10.9. The lowest BCUT2D eigenvalue weighted by atomic mass is 9.83. The largest absolute Gasteiger partial charge is 0.355 e. The van der Waals surface area contributed by atoms with Gasteiger partial charge in [-0.1, -0.05) is 43.4 Å². The molecule has 2 aliphatic rings. The molecule has 1 aliphatic carbocycles. The quantitative estimate of drug-likeness (QED) is 0.745. The van der Waals surface area contributed by atoms with Gasteiger partial charge in [-0.15, -0.1) is 0 Å². The Kier molecular flexibility index (Phi) is 6.54. The first kappa shape index (κ1) is 21.0. The molecule has 1 heterocycles. The summed E-state index contributed by atoms with van der Waals surface area (Å²) >= 11 is 6.52. The van der Waals surface area contributed by atoms with Crippen LogP contribution in [-0.4, -0.2) is 43.5 Å². The van der Waals surface area contributed by atoms with Crippen molar-refractivity contribution >= 4 is 29.2 Å². The van der Waals surface area contributed by atoms with Gasteiger partial charge in [0, 0.05) is 37.3 Å². The molecule has 154 valence electrons. The fraction of sp³-hybridized carbons (Fsp3) is 0.636. The zero-order valence-electron chi connectivity index (χ0n) is 17.3. The maximum atomic E-state index is 13.3. The van der Waals surface area contributed by atoms with Crippen LogP contribution in [0, 0.1) is 5.92 Å². The number of benzene rings is 1. The number of nitrogens with one attached hydrogen (secondary N) is 1. The van der Waals surface area contributed by atoms with Crippen LogP contribution in [0.25, 0.3) is 0 Å². The Morgan fingerprint density at radius 3 is 2.57 bits per heavy atom. The highest BCUT2D eigenvalue weighted by molar-refractivity contribution is 6.32. The molecule has 5 nitrogen and oxygen atoms in total. The van der Waals surface area contributed by atoms with E-state index in [0.29, 0.717) is 30.6 Å². The van der Waals surface area contributed by atoms with E-state index in [1.807, 2.05) is 26.0 Å². The number of hydrogen-bond donors (Lipinski definition) is 1. The summed E-state index contributed by atoms with van der Waals surface area (Å²) < 4.78 is 0. The van der Waals surface area contributed by atoms with Crippen molar-refractivity contribution in [1.82, 2.24) is 10.2 Å². The predicted octanol–water partition coefficient (Wildman–Crippen LogP) is 4.58. The van der Waals surface area contributed by atoms with Gasteiger partial charge in [-0.3, -0.25) is 9.69 Å². The lowest BCUT2D eigenvalue weighted by molar-refractivity contribution is -0.125. The molecule has 6 heteroatoms. The number of carbonyl (C=O) groups is 2. The molecule has 1 saturated carbocycles. The van der Waals surface area contributed by atoms with Crippen LogP contribution in [0.5, 0.6) is 0 Å². The van der Waals surface area contributed by atoms with Crippen molar-refractivity contribution in [1.29, 1.82) is 0 Å². The van der Waals surface area contributed by atoms with E-state index in [2.05, 4.69) is 5.32 Å². The highest BCUT2D eigenvalue weighted by Gasteiger charge is 2.48. The van der Waals surface area contributed by atoms with Gasteiger partial charge in [-0.25, -0.2) is 4.79 Å². The number of fused-ring (bicyclic) bond motifs is 1. The molecular formula is C22H32ClN3O2. The molecule has 1 aliphatic heterocycles. The Bertz CT molecular complexity index is 730. The van der Waals surface area contributed by atoms with Gasteiger partial charge in [0.1, 0.15) is 0 Å². The summed E-state index contributed by atoms with van der Waals surface area (Å²) in [5.74, 6) is 0.506. The molecular weight excluding hydrogens is 374 g/mol. The zero-order valence-corrected chi connectivity index (χ0v) is 18.0. The van der Waals surface area contributed by atoms with E-state index < -0.39 is 5.41 Å². The van der Waals surface area contributed by atoms with Crippen molar-refractivity contribution in [2.75, 3.05) is 31.6 Å². The summed E-state index contributed by atoms with van der Waals surface area (Å²) in [6, 6.07) is 5.41. The van der Waals surface area contributed by atoms with Crippen LogP contribution in [0.3, 0.4) is 0 Å². The molecule has 0 saturated heterocycles. The maximum Gasteiger partial charge on any atom is 0.324 e. The normalized spacial score (nSPS) is 22.5. The monoisotopic (exact) mass is 405 g/mol. The molecule has 1 aromatic rings. The number of halogens is 1. The molecule has 1 atom stereocenters. The number of hydrogen-bond acceptors (Lipinski definition) is 2. The molecule has 3 amide bonds. The van der Waals surface area contributed by atoms with E-state index in [-0.39, 0.29) is 11.9 Å². The number of carbonyl (C=O) groups excluding carboxylic acids is 2. The van der Waals surface area contributed by atoms with Crippen LogP contribution in [0.15, 0.2) is 18.2 Å². The van der Waals surface area contributed by atoms with Gasteiger partial charge < -0.3 is 10.2 Å². The number of nitrogens with zero attached hydrogens (tertiary/aromatic N) is 2. The van der Waals surface area contributed by atoms with Gasteiger partial charge in [-0.2, -0.15) is 0 Å². The fourth-order valence-corrected chi connectivity index (χ4v) is 4.84. The van der Waals surface area contributed by atoms with Crippen LogP contribution in [0.4, 0.5) is 10.5 Å². The van der Waals surface area contributed by atoms with Gasteiger partial charge in [-0.05, 0) is 44.7 Å². The van der Waals surface area contributed by atoms with Crippen LogP contribution in [-0.2, 0) is 10.2 Å². The second-order valence-corrected chi connectivity index (χ2v) is 8.82. The first-order valence-electron chi connectivity index (χ1n) is 10.5. The maximum absolute atomic E-state index is 13.3. The minimum absolute atomic E-state index is 0.0412. The van der Waals surface area contributed by atoms with E-state index >= 15 is 0 Å². The van der Waals surface area contributed by atoms with Gasteiger partial charge in [0.25, 0.3) is 0 Å². The molecule has 1 fully saturated rings. The molecule has 28 heavy (non-hydrogen) atoms. The average molecular weight is 406 g/mol. The summed E-state index contributed by atoms with van der Waals surface area (Å²) in [5, 5.41) is 3.73. The van der Waals surface area contributed by atoms with Crippen LogP contribution in [0.2, 0.25) is 5.02 Å². The average Bonchev–Trinajstić information content (AvgIpc) is 2.84. The topological polar surface area (TPSA) is 52.7 Å². The predicted molar refractivity (Wildman–Crippen MR) is 114 cm³/mol. The molecule has 1 unspecified atom stereocenters. The van der Waals surface area contributed by atoms with E-state index in [9.17, 15) is 9.59 Å². The number of rotatable bonds is 4. The molecule has 0 spiro atoms. The smallest absolute Gasteiger partial charge is 0.324 e. The number of urea groups is 1. The number of anilines is 1. The first-order chi connectivity index (χ1) is 13.4. The van der Waals surface area contributed by atoms with Gasteiger partial charge >= 0.3 is 6.03 Å². The lowest BCUT2D eigenvalue weighted by Gasteiger charge is -2.28. The van der Waals surface area contributed by atoms with E-state index in [1.165, 1.54) is 38.5 Å². The summed E-state index contributed by atoms with van der Waals surface area (Å²) in [4.78, 5) is 29.5. The summed E-state index contributed by atoms with van der Waals surface area (Å²) in [6.45, 7) is 5.46. The third-order valence-corrected chi connectivity index (χ3v) is 6.68. The van der Waals surface area contributed by atoms with Crippen molar-refractivity contribution in [2.45, 2.75) is 57.8 Å². The van der Waals surface area contributed by atoms with Crippen LogP contribution in [0.1, 0.15) is 57.9 Å². The molecule has 1 N–H and O–H groups in total. The van der Waals surface area contributed by atoms with Crippen molar-refractivity contribution in [3.63, 3.8) is 0 Å². The Labute approximate surface area is 173 Å². The molecule has 0 radical (unpaired) electrons. The Hall–Kier alpha value is -1.75. The van der Waals surface area contributed by atoms with Crippen LogP contribution < -0.4 is 10.2 Å². The van der Waals surface area contributed by atoms with E-state index in [1.54, 1.807) is 22.9 Å². The molecule has 1 aromatic carbocycles. The standard InChI is InChI=1S/C22H32ClN3O2/c1-4-25(3)21(28)26-15-22(2,19-17(23)12-9-13-18(19)26)20(27)24-14-16-10-7-5-6-8-11-16/h9,12-13,16H,4-8,10-11,14-15H2,1-3H3,(H,24,27). The second kappa shape index (κ2) is 8.73. The van der Waals surface area contributed by atoms with Crippen molar-refractivity contribution < 1.29 is 9.59 Å². The number of amides is 3. The summed E-state index contributed by atoms with van der Waals surface area (Å²) in [5.41, 5.74) is 0.653. The fourth-order valence-electron chi connectivity index (χ4n) is 4.46. The minimum Gasteiger partial charge on any atom is -0.355 e. The highest BCUT2D eigenvalue weighted by atomic mass is 35.5. The van der Waals surface area contributed by atoms with E-state index in [0.717, 1.165) is 11.3 Å². The van der Waals surface area contributed by atoms with Crippen molar-refractivity contribution in [2.24, 2.45) is 5.92 Å². The van der Waals surface area contributed by atoms with Crippen molar-refractivity contribution in [3.05, 3.63) is 28.8 Å². The van der Waals surface area contributed by atoms with Gasteiger partial charge in [0.15, 0.2) is 0 Å². The minimum atomic E-state index is -0.845.